The van der Waals surface area contributed by atoms with Crippen molar-refractivity contribution >= 4 is 60.8 Å². The van der Waals surface area contributed by atoms with Crippen LogP contribution >= 0.6 is 22.9 Å². The molecule has 1 saturated heterocycles. The average molecular weight is 504 g/mol. The number of carbonyl (C=O) groups excluding carboxylic acids is 1. The first kappa shape index (κ1) is 22.4. The van der Waals surface area contributed by atoms with Gasteiger partial charge in [-0.15, -0.1) is 0 Å². The minimum Gasteiger partial charge on any atom is -0.375 e. The second-order valence-electron chi connectivity index (χ2n) is 7.78. The fraction of sp³-hybridized carbons (Fsp3) is 0.174. The molecule has 6 nitrogen and oxygen atoms in total. The number of pyridine rings is 1. The second kappa shape index (κ2) is 8.44. The highest BCUT2D eigenvalue weighted by molar-refractivity contribution is 7.22. The van der Waals surface area contributed by atoms with E-state index >= 15 is 4.39 Å². The number of nitrogen functional groups attached to an aromatic ring is 1. The van der Waals surface area contributed by atoms with Gasteiger partial charge in [0.05, 0.1) is 15.2 Å². The molecule has 0 saturated carbocycles. The predicted octanol–water partition coefficient (Wildman–Crippen LogP) is 5.16. The number of halogens is 4. The molecule has 34 heavy (non-hydrogen) atoms. The van der Waals surface area contributed by atoms with Gasteiger partial charge in [-0.3, -0.25) is 9.78 Å². The maximum absolute atomic E-state index is 15.8. The molecular weight excluding hydrogens is 487 g/mol. The Morgan fingerprint density at radius 2 is 1.88 bits per heavy atom. The summed E-state index contributed by atoms with van der Waals surface area (Å²) in [5.74, 6) is -2.89. The Morgan fingerprint density at radius 3 is 2.59 bits per heavy atom. The third kappa shape index (κ3) is 3.63. The number of hydrogen-bond acceptors (Lipinski definition) is 6. The van der Waals surface area contributed by atoms with E-state index in [4.69, 9.17) is 17.3 Å². The topological polar surface area (TPSA) is 75.4 Å². The number of nitrogens with zero attached hydrogens (tertiary/aromatic N) is 4. The van der Waals surface area contributed by atoms with Crippen LogP contribution in [0.1, 0.15) is 0 Å². The summed E-state index contributed by atoms with van der Waals surface area (Å²) in [5, 5.41) is 0.758. The van der Waals surface area contributed by atoms with Crippen molar-refractivity contribution in [3.8, 4) is 11.1 Å². The number of carbonyl (C=O) groups is 1. The Morgan fingerprint density at radius 1 is 1.15 bits per heavy atom. The van der Waals surface area contributed by atoms with Gasteiger partial charge in [0, 0.05) is 54.6 Å². The molecule has 1 amide bonds. The van der Waals surface area contributed by atoms with Gasteiger partial charge in [-0.25, -0.2) is 18.2 Å². The van der Waals surface area contributed by atoms with E-state index in [9.17, 15) is 13.6 Å². The van der Waals surface area contributed by atoms with E-state index in [1.165, 1.54) is 23.2 Å². The molecule has 11 heteroatoms. The number of thiazole rings is 1. The summed E-state index contributed by atoms with van der Waals surface area (Å²) in [6, 6.07) is 6.00. The summed E-state index contributed by atoms with van der Waals surface area (Å²) in [6.07, 6.45) is 1.49. The van der Waals surface area contributed by atoms with Gasteiger partial charge in [-0.2, -0.15) is 0 Å². The number of rotatable bonds is 3. The summed E-state index contributed by atoms with van der Waals surface area (Å²) in [5.41, 5.74) is 7.15. The van der Waals surface area contributed by atoms with Crippen molar-refractivity contribution < 1.29 is 18.0 Å². The third-order valence-electron chi connectivity index (χ3n) is 5.83. The number of aromatic nitrogens is 2. The molecule has 0 atom stereocenters. The van der Waals surface area contributed by atoms with E-state index in [-0.39, 0.29) is 31.5 Å². The van der Waals surface area contributed by atoms with Gasteiger partial charge in [0.2, 0.25) is 0 Å². The van der Waals surface area contributed by atoms with Gasteiger partial charge in [0.1, 0.15) is 11.3 Å². The van der Waals surface area contributed by atoms with E-state index in [2.05, 4.69) is 16.5 Å². The number of anilines is 2. The van der Waals surface area contributed by atoms with Crippen molar-refractivity contribution in [2.24, 2.45) is 0 Å². The van der Waals surface area contributed by atoms with Gasteiger partial charge < -0.3 is 15.5 Å². The molecule has 174 valence electrons. The van der Waals surface area contributed by atoms with E-state index in [0.29, 0.717) is 42.8 Å². The average Bonchev–Trinajstić information content (AvgIpc) is 3.22. The van der Waals surface area contributed by atoms with Crippen LogP contribution in [0.2, 0.25) is 5.02 Å². The number of piperazine rings is 1. The molecule has 0 spiro atoms. The molecule has 4 aromatic rings. The summed E-state index contributed by atoms with van der Waals surface area (Å²) >= 11 is 7.54. The fourth-order valence-corrected chi connectivity index (χ4v) is 5.30. The van der Waals surface area contributed by atoms with Crippen molar-refractivity contribution in [3.63, 3.8) is 0 Å². The number of hydrogen-bond donors (Lipinski definition) is 1. The van der Waals surface area contributed by atoms with Gasteiger partial charge in [-0.1, -0.05) is 29.5 Å². The lowest BCUT2D eigenvalue weighted by Gasteiger charge is -2.36. The smallest absolute Gasteiger partial charge is 0.282 e. The number of nitrogens with two attached hydrogens (primary N) is 1. The molecule has 5 rings (SSSR count). The normalized spacial score (nSPS) is 14.2. The molecule has 0 bridgehead atoms. The predicted molar refractivity (Wildman–Crippen MR) is 129 cm³/mol. The quantitative estimate of drug-likeness (QED) is 0.391. The van der Waals surface area contributed by atoms with Crippen LogP contribution in [0.5, 0.6) is 0 Å². The van der Waals surface area contributed by atoms with Crippen molar-refractivity contribution in [3.05, 3.63) is 59.5 Å². The van der Waals surface area contributed by atoms with Crippen LogP contribution in [0.4, 0.5) is 24.0 Å². The van der Waals surface area contributed by atoms with Crippen LogP contribution in [0.15, 0.2) is 42.9 Å². The van der Waals surface area contributed by atoms with Crippen LogP contribution < -0.4 is 10.6 Å². The van der Waals surface area contributed by atoms with Gasteiger partial charge >= 0.3 is 0 Å². The summed E-state index contributed by atoms with van der Waals surface area (Å²) in [6.45, 7) is 4.46. The minimum absolute atomic E-state index is 0.0611. The first-order valence-corrected chi connectivity index (χ1v) is 11.5. The summed E-state index contributed by atoms with van der Waals surface area (Å²) < 4.78 is 43.5. The van der Waals surface area contributed by atoms with E-state index < -0.39 is 23.4 Å². The number of fused-ring (bicyclic) bond motifs is 2. The highest BCUT2D eigenvalue weighted by Crippen LogP contribution is 2.42. The van der Waals surface area contributed by atoms with Crippen LogP contribution in [0, 0.1) is 11.6 Å². The highest BCUT2D eigenvalue weighted by Gasteiger charge is 2.26. The number of benzene rings is 2. The zero-order valence-electron chi connectivity index (χ0n) is 17.6. The summed E-state index contributed by atoms with van der Waals surface area (Å²) in [7, 11) is 0. The third-order valence-corrected chi connectivity index (χ3v) is 7.02. The van der Waals surface area contributed by atoms with Crippen molar-refractivity contribution in [2.45, 2.75) is 0 Å². The fourth-order valence-electron chi connectivity index (χ4n) is 4.24. The maximum atomic E-state index is 15.8. The first-order valence-electron chi connectivity index (χ1n) is 10.3. The van der Waals surface area contributed by atoms with E-state index in [1.54, 1.807) is 12.1 Å². The molecule has 2 N–H and O–H groups in total. The SMILES string of the molecule is C=C(F)C(=O)N1CCN(c2ccnc3c(F)c(-c4ccc(F)c5sc(N)nc45)c(Cl)cc23)CC1. The molecule has 2 aromatic carbocycles. The molecule has 0 radical (unpaired) electrons. The van der Waals surface area contributed by atoms with Crippen LogP contribution in [-0.2, 0) is 4.79 Å². The zero-order chi connectivity index (χ0) is 24.1. The monoisotopic (exact) mass is 503 g/mol. The molecular formula is C23H17ClF3N5OS. The lowest BCUT2D eigenvalue weighted by atomic mass is 10.0. The van der Waals surface area contributed by atoms with Crippen LogP contribution in [0.25, 0.3) is 32.2 Å². The molecule has 3 heterocycles. The second-order valence-corrected chi connectivity index (χ2v) is 9.22. The molecule has 0 unspecified atom stereocenters. The van der Waals surface area contributed by atoms with Crippen molar-refractivity contribution in [2.75, 3.05) is 36.8 Å². The van der Waals surface area contributed by atoms with Gasteiger partial charge in [0.25, 0.3) is 5.91 Å². The Kier molecular flexibility index (Phi) is 5.57. The van der Waals surface area contributed by atoms with Gasteiger partial charge in [-0.05, 0) is 24.3 Å². The molecule has 1 aliphatic heterocycles. The highest BCUT2D eigenvalue weighted by atomic mass is 35.5. The first-order chi connectivity index (χ1) is 16.3. The summed E-state index contributed by atoms with van der Waals surface area (Å²) in [4.78, 5) is 23.6. The zero-order valence-corrected chi connectivity index (χ0v) is 19.2. The Bertz CT molecular complexity index is 1480. The molecule has 2 aromatic heterocycles. The largest absolute Gasteiger partial charge is 0.375 e. The van der Waals surface area contributed by atoms with E-state index in [0.717, 1.165) is 11.3 Å². The Hall–Kier alpha value is -3.37. The minimum atomic E-state index is -0.999. The molecule has 0 aliphatic carbocycles. The van der Waals surface area contributed by atoms with Crippen LogP contribution in [-0.4, -0.2) is 47.0 Å². The maximum Gasteiger partial charge on any atom is 0.282 e. The number of amides is 1. The Labute approximate surface area is 201 Å². The lowest BCUT2D eigenvalue weighted by molar-refractivity contribution is -0.128. The lowest BCUT2D eigenvalue weighted by Crippen LogP contribution is -2.49. The molecule has 1 fully saturated rings. The van der Waals surface area contributed by atoms with Crippen molar-refractivity contribution in [1.29, 1.82) is 0 Å². The van der Waals surface area contributed by atoms with E-state index in [1.807, 2.05) is 4.90 Å². The van der Waals surface area contributed by atoms with Crippen molar-refractivity contribution in [1.82, 2.24) is 14.9 Å². The Balaban J connectivity index is 1.58. The molecule has 1 aliphatic rings. The van der Waals surface area contributed by atoms with Gasteiger partial charge in [0.15, 0.2) is 16.8 Å². The standard InChI is InChI=1S/C23H17ClF3N5OS/c1-11(25)22(33)32-8-6-31(7-9-32)16-4-5-29-19-13(16)10-14(24)17(18(19)27)12-2-3-15(26)21-20(12)30-23(28)34-21/h2-5,10H,1,6-9H2,(H2,28,30). The van der Waals surface area contributed by atoms with Crippen LogP contribution in [0.3, 0.4) is 0 Å².